The molecule has 2 N–H and O–H groups in total. The second-order valence-electron chi connectivity index (χ2n) is 5.31. The van der Waals surface area contributed by atoms with Crippen molar-refractivity contribution >= 4 is 15.7 Å². The molecule has 7 heteroatoms. The molecule has 0 aliphatic carbocycles. The summed E-state index contributed by atoms with van der Waals surface area (Å²) in [6.45, 7) is 8.28. The van der Waals surface area contributed by atoms with Crippen molar-refractivity contribution in [3.63, 3.8) is 0 Å². The van der Waals surface area contributed by atoms with Crippen molar-refractivity contribution in [1.82, 2.24) is 4.31 Å². The van der Waals surface area contributed by atoms with Crippen molar-refractivity contribution in [2.75, 3.05) is 12.3 Å². The van der Waals surface area contributed by atoms with Crippen LogP contribution in [0, 0.1) is 11.6 Å². The first-order valence-electron chi connectivity index (χ1n) is 5.90. The van der Waals surface area contributed by atoms with Gasteiger partial charge in [-0.2, -0.15) is 4.31 Å². The third-order valence-electron chi connectivity index (χ3n) is 2.61. The highest BCUT2D eigenvalue weighted by Crippen LogP contribution is 2.29. The first kappa shape index (κ1) is 16.6. The quantitative estimate of drug-likeness (QED) is 0.687. The fraction of sp³-hybridized carbons (Fsp3) is 0.385. The Morgan fingerprint density at radius 2 is 1.75 bits per heavy atom. The smallest absolute Gasteiger partial charge is 0.249 e. The fourth-order valence-corrected chi connectivity index (χ4v) is 3.64. The van der Waals surface area contributed by atoms with E-state index in [4.69, 9.17) is 5.73 Å². The molecular weight excluding hydrogens is 286 g/mol. The van der Waals surface area contributed by atoms with Gasteiger partial charge in [0.2, 0.25) is 10.0 Å². The van der Waals surface area contributed by atoms with Gasteiger partial charge in [0, 0.05) is 17.8 Å². The number of halogens is 2. The Bertz CT molecular complexity index is 599. The van der Waals surface area contributed by atoms with Crippen LogP contribution in [-0.4, -0.2) is 24.8 Å². The van der Waals surface area contributed by atoms with Crippen molar-refractivity contribution < 1.29 is 17.2 Å². The van der Waals surface area contributed by atoms with E-state index >= 15 is 0 Å². The van der Waals surface area contributed by atoms with E-state index in [2.05, 4.69) is 6.58 Å². The lowest BCUT2D eigenvalue weighted by molar-refractivity contribution is 0.268. The Labute approximate surface area is 117 Å². The molecule has 0 aliphatic rings. The summed E-state index contributed by atoms with van der Waals surface area (Å²) in [6.07, 6.45) is 1.36. The Balaban J connectivity index is 3.53. The van der Waals surface area contributed by atoms with Gasteiger partial charge in [-0.15, -0.1) is 6.58 Å². The molecule has 4 nitrogen and oxygen atoms in total. The van der Waals surface area contributed by atoms with Gasteiger partial charge in [0.05, 0.1) is 0 Å². The molecule has 0 bridgehead atoms. The number of hydrogen-bond donors (Lipinski definition) is 1. The molecule has 0 amide bonds. The predicted molar refractivity (Wildman–Crippen MR) is 74.6 cm³/mol. The molecule has 0 fully saturated rings. The van der Waals surface area contributed by atoms with Gasteiger partial charge in [-0.1, -0.05) is 6.08 Å². The van der Waals surface area contributed by atoms with Crippen LogP contribution in [-0.2, 0) is 10.0 Å². The number of anilines is 1. The average molecular weight is 304 g/mol. The molecule has 20 heavy (non-hydrogen) atoms. The van der Waals surface area contributed by atoms with Crippen molar-refractivity contribution in [1.29, 1.82) is 0 Å². The molecule has 0 radical (unpaired) electrons. The van der Waals surface area contributed by atoms with Gasteiger partial charge < -0.3 is 5.73 Å². The topological polar surface area (TPSA) is 63.4 Å². The van der Waals surface area contributed by atoms with Crippen molar-refractivity contribution in [3.05, 3.63) is 36.4 Å². The molecule has 112 valence electrons. The van der Waals surface area contributed by atoms with Crippen LogP contribution in [0.25, 0.3) is 0 Å². The normalized spacial score (nSPS) is 12.7. The molecule has 0 unspecified atom stereocenters. The molecule has 0 atom stereocenters. The highest BCUT2D eigenvalue weighted by Gasteiger charge is 2.37. The Morgan fingerprint density at radius 1 is 1.30 bits per heavy atom. The van der Waals surface area contributed by atoms with Gasteiger partial charge in [0.1, 0.15) is 11.6 Å². The van der Waals surface area contributed by atoms with E-state index < -0.39 is 32.1 Å². The van der Waals surface area contributed by atoms with Crippen molar-refractivity contribution in [3.8, 4) is 0 Å². The van der Waals surface area contributed by atoms with Crippen LogP contribution in [0.5, 0.6) is 0 Å². The minimum absolute atomic E-state index is 0.0604. The summed E-state index contributed by atoms with van der Waals surface area (Å²) in [6, 6.07) is 1.56. The molecule has 0 aromatic heterocycles. The van der Waals surface area contributed by atoms with Crippen LogP contribution in [0.15, 0.2) is 29.7 Å². The number of hydrogen-bond acceptors (Lipinski definition) is 3. The van der Waals surface area contributed by atoms with Crippen LogP contribution in [0.2, 0.25) is 0 Å². The zero-order valence-corrected chi connectivity index (χ0v) is 12.5. The van der Waals surface area contributed by atoms with Gasteiger partial charge in [0.15, 0.2) is 4.90 Å². The van der Waals surface area contributed by atoms with Crippen LogP contribution in [0.4, 0.5) is 14.5 Å². The second-order valence-corrected chi connectivity index (χ2v) is 7.11. The van der Waals surface area contributed by atoms with Gasteiger partial charge in [-0.25, -0.2) is 17.2 Å². The minimum atomic E-state index is -4.34. The summed E-state index contributed by atoms with van der Waals surface area (Å²) in [7, 11) is -4.34. The summed E-state index contributed by atoms with van der Waals surface area (Å²) in [5.41, 5.74) is 4.26. The van der Waals surface area contributed by atoms with Gasteiger partial charge in [0.25, 0.3) is 0 Å². The average Bonchev–Trinajstić information content (AvgIpc) is 2.21. The molecule has 1 aromatic carbocycles. The van der Waals surface area contributed by atoms with Gasteiger partial charge >= 0.3 is 0 Å². The highest BCUT2D eigenvalue weighted by atomic mass is 32.2. The minimum Gasteiger partial charge on any atom is -0.399 e. The van der Waals surface area contributed by atoms with Crippen LogP contribution in [0.1, 0.15) is 20.8 Å². The molecule has 1 rings (SSSR count). The largest absolute Gasteiger partial charge is 0.399 e. The lowest BCUT2D eigenvalue weighted by atomic mass is 10.1. The van der Waals surface area contributed by atoms with E-state index in [1.54, 1.807) is 20.8 Å². The third kappa shape index (κ3) is 3.16. The van der Waals surface area contributed by atoms with Gasteiger partial charge in [-0.05, 0) is 32.9 Å². The number of nitrogens with zero attached hydrogens (tertiary/aromatic N) is 1. The highest BCUT2D eigenvalue weighted by molar-refractivity contribution is 7.89. The monoisotopic (exact) mass is 304 g/mol. The second kappa shape index (κ2) is 5.49. The van der Waals surface area contributed by atoms with E-state index in [9.17, 15) is 17.2 Å². The maximum atomic E-state index is 13.8. The molecular formula is C13H18F2N2O2S. The first-order valence-corrected chi connectivity index (χ1v) is 7.34. The van der Waals surface area contributed by atoms with Crippen molar-refractivity contribution in [2.45, 2.75) is 31.2 Å². The van der Waals surface area contributed by atoms with E-state index in [0.29, 0.717) is 0 Å². The molecule has 0 saturated carbocycles. The Kier molecular flexibility index (Phi) is 4.55. The van der Waals surface area contributed by atoms with Crippen LogP contribution >= 0.6 is 0 Å². The number of sulfonamides is 1. The number of nitrogen functional groups attached to an aromatic ring is 1. The zero-order valence-electron chi connectivity index (χ0n) is 11.7. The molecule has 0 spiro atoms. The molecule has 0 aliphatic heterocycles. The fourth-order valence-electron chi connectivity index (χ4n) is 1.79. The van der Waals surface area contributed by atoms with Crippen molar-refractivity contribution in [2.24, 2.45) is 0 Å². The van der Waals surface area contributed by atoms with E-state index in [1.807, 2.05) is 0 Å². The SMILES string of the molecule is C=CCN(C(C)(C)C)S(=O)(=O)c1c(F)cc(N)cc1F. The molecule has 0 saturated heterocycles. The van der Waals surface area contributed by atoms with E-state index in [0.717, 1.165) is 16.4 Å². The lowest BCUT2D eigenvalue weighted by Gasteiger charge is -2.33. The standard InChI is InChI=1S/C13H18F2N2O2S/c1-5-6-17(13(2,3)4)20(18,19)12-10(14)7-9(16)8-11(12)15/h5,7-8H,1,6,16H2,2-4H3. The zero-order chi connectivity index (χ0) is 15.7. The maximum Gasteiger partial charge on any atom is 0.249 e. The van der Waals surface area contributed by atoms with Gasteiger partial charge in [-0.3, -0.25) is 0 Å². The number of benzene rings is 1. The number of nitrogens with two attached hydrogens (primary N) is 1. The third-order valence-corrected chi connectivity index (χ3v) is 4.79. The first-order chi connectivity index (χ1) is 9.01. The summed E-state index contributed by atoms with van der Waals surface area (Å²) >= 11 is 0. The Morgan fingerprint density at radius 3 is 2.10 bits per heavy atom. The summed E-state index contributed by atoms with van der Waals surface area (Å²) in [5.74, 6) is -2.42. The summed E-state index contributed by atoms with van der Waals surface area (Å²) < 4.78 is 53.6. The number of rotatable bonds is 4. The maximum absolute atomic E-state index is 13.8. The lowest BCUT2D eigenvalue weighted by Crippen LogP contribution is -2.46. The molecule has 0 heterocycles. The van der Waals surface area contributed by atoms with E-state index in [1.165, 1.54) is 6.08 Å². The molecule has 1 aromatic rings. The van der Waals surface area contributed by atoms with Crippen LogP contribution in [0.3, 0.4) is 0 Å². The summed E-state index contributed by atoms with van der Waals surface area (Å²) in [4.78, 5) is -0.997. The Hall–Kier alpha value is -1.47. The summed E-state index contributed by atoms with van der Waals surface area (Å²) in [5, 5.41) is 0. The van der Waals surface area contributed by atoms with Crippen LogP contribution < -0.4 is 5.73 Å². The predicted octanol–water partition coefficient (Wildman–Crippen LogP) is 2.52. The van der Waals surface area contributed by atoms with E-state index in [-0.39, 0.29) is 12.2 Å².